The fourth-order valence-corrected chi connectivity index (χ4v) is 0.561. The van der Waals surface area contributed by atoms with E-state index >= 15 is 0 Å². The second-order valence-corrected chi connectivity index (χ2v) is 1.68. The van der Waals surface area contributed by atoms with Crippen LogP contribution in [-0.4, -0.2) is 17.7 Å². The molecule has 4 nitrogen and oxygen atoms in total. The largest absolute Gasteiger partial charge is 0.569 e. The van der Waals surface area contributed by atoms with Crippen molar-refractivity contribution in [2.24, 2.45) is 0 Å². The van der Waals surface area contributed by atoms with E-state index in [-0.39, 0.29) is 0 Å². The molecule has 1 heterocycles. The standard InChI is InChI=1S/C5H6BN2O2/c7-4-1-5(10-6-9)3-8-2-4/h1-3,9H,7H2. The number of hydrogen-bond donors (Lipinski definition) is 2. The molecule has 0 spiro atoms. The van der Waals surface area contributed by atoms with Crippen LogP contribution < -0.4 is 10.4 Å². The molecule has 1 rings (SSSR count). The van der Waals surface area contributed by atoms with E-state index in [4.69, 9.17) is 10.8 Å². The summed E-state index contributed by atoms with van der Waals surface area (Å²) in [6.07, 6.45) is 2.94. The van der Waals surface area contributed by atoms with Crippen molar-refractivity contribution in [3.63, 3.8) is 0 Å². The lowest BCUT2D eigenvalue weighted by molar-refractivity contribution is 0.453. The van der Waals surface area contributed by atoms with Crippen molar-refractivity contribution in [3.8, 4) is 5.75 Å². The minimum Gasteiger partial charge on any atom is -0.536 e. The van der Waals surface area contributed by atoms with E-state index in [1.807, 2.05) is 0 Å². The molecule has 0 bridgehead atoms. The third-order valence-electron chi connectivity index (χ3n) is 0.923. The third-order valence-corrected chi connectivity index (χ3v) is 0.923. The number of anilines is 1. The number of rotatable bonds is 2. The van der Waals surface area contributed by atoms with Crippen molar-refractivity contribution in [2.45, 2.75) is 0 Å². The number of nitrogen functional groups attached to an aromatic ring is 1. The smallest absolute Gasteiger partial charge is 0.536 e. The van der Waals surface area contributed by atoms with Crippen LogP contribution in [0.2, 0.25) is 0 Å². The Balaban J connectivity index is 2.75. The quantitative estimate of drug-likeness (QED) is 0.542. The fourth-order valence-electron chi connectivity index (χ4n) is 0.561. The van der Waals surface area contributed by atoms with Crippen LogP contribution in [0.4, 0.5) is 5.69 Å². The number of pyridine rings is 1. The zero-order valence-corrected chi connectivity index (χ0v) is 5.19. The molecule has 0 saturated carbocycles. The normalized spacial score (nSPS) is 8.90. The number of nitrogens with two attached hydrogens (primary N) is 1. The summed E-state index contributed by atoms with van der Waals surface area (Å²) >= 11 is 0. The van der Waals surface area contributed by atoms with Crippen molar-refractivity contribution < 1.29 is 9.68 Å². The summed E-state index contributed by atoms with van der Waals surface area (Å²) in [7, 11) is 0.580. The molecule has 0 aliphatic rings. The topological polar surface area (TPSA) is 68.4 Å². The van der Waals surface area contributed by atoms with Gasteiger partial charge >= 0.3 is 7.69 Å². The molecule has 0 aliphatic heterocycles. The Morgan fingerprint density at radius 3 is 3.00 bits per heavy atom. The van der Waals surface area contributed by atoms with Crippen molar-refractivity contribution in [1.82, 2.24) is 4.98 Å². The minimum absolute atomic E-state index is 0.419. The first-order valence-electron chi connectivity index (χ1n) is 2.66. The molecule has 5 heteroatoms. The Labute approximate surface area is 59.0 Å². The van der Waals surface area contributed by atoms with E-state index in [1.54, 1.807) is 6.07 Å². The summed E-state index contributed by atoms with van der Waals surface area (Å²) in [4.78, 5) is 3.72. The molecule has 0 amide bonds. The first-order valence-corrected chi connectivity index (χ1v) is 2.66. The van der Waals surface area contributed by atoms with Gasteiger partial charge in [-0.15, -0.1) is 0 Å². The molecule has 0 fully saturated rings. The summed E-state index contributed by atoms with van der Waals surface area (Å²) < 4.78 is 4.57. The van der Waals surface area contributed by atoms with Crippen molar-refractivity contribution >= 4 is 13.4 Å². The van der Waals surface area contributed by atoms with Gasteiger partial charge in [0.15, 0.2) is 0 Å². The van der Waals surface area contributed by atoms with Gasteiger partial charge in [0, 0.05) is 6.07 Å². The average molecular weight is 137 g/mol. The van der Waals surface area contributed by atoms with E-state index in [1.165, 1.54) is 12.4 Å². The summed E-state index contributed by atoms with van der Waals surface area (Å²) in [6.45, 7) is 0. The highest BCUT2D eigenvalue weighted by Gasteiger charge is 1.93. The van der Waals surface area contributed by atoms with Crippen molar-refractivity contribution in [1.29, 1.82) is 0 Å². The highest BCUT2D eigenvalue weighted by molar-refractivity contribution is 6.17. The zero-order chi connectivity index (χ0) is 7.40. The van der Waals surface area contributed by atoms with Gasteiger partial charge in [0.2, 0.25) is 0 Å². The summed E-state index contributed by atoms with van der Waals surface area (Å²) in [6, 6.07) is 1.56. The molecule has 1 aromatic rings. The van der Waals surface area contributed by atoms with Crippen LogP contribution in [0, 0.1) is 0 Å². The summed E-state index contributed by atoms with van der Waals surface area (Å²) in [5.74, 6) is 0.419. The Hall–Kier alpha value is -1.23. The van der Waals surface area contributed by atoms with Crippen LogP contribution in [0.3, 0.4) is 0 Å². The maximum Gasteiger partial charge on any atom is 0.569 e. The molecule has 0 aliphatic carbocycles. The van der Waals surface area contributed by atoms with Gasteiger partial charge in [-0.05, 0) is 0 Å². The molecule has 0 unspecified atom stereocenters. The number of nitrogens with zero attached hydrogens (tertiary/aromatic N) is 1. The molecule has 10 heavy (non-hydrogen) atoms. The van der Waals surface area contributed by atoms with E-state index in [0.717, 1.165) is 0 Å². The lowest BCUT2D eigenvalue weighted by atomic mass is 10.3. The summed E-state index contributed by atoms with van der Waals surface area (Å²) in [5.41, 5.74) is 5.85. The average Bonchev–Trinajstić information content (AvgIpc) is 1.88. The maximum atomic E-state index is 8.19. The predicted molar refractivity (Wildman–Crippen MR) is 37.3 cm³/mol. The van der Waals surface area contributed by atoms with Gasteiger partial charge in [0.25, 0.3) is 0 Å². The van der Waals surface area contributed by atoms with E-state index in [0.29, 0.717) is 19.1 Å². The Bertz CT molecular complexity index is 219. The fraction of sp³-hybridized carbons (Fsp3) is 0. The molecule has 51 valence electrons. The van der Waals surface area contributed by atoms with Gasteiger partial charge < -0.3 is 15.4 Å². The lowest BCUT2D eigenvalue weighted by Gasteiger charge is -1.99. The predicted octanol–water partition coefficient (Wildman–Crippen LogP) is -0.431. The van der Waals surface area contributed by atoms with Gasteiger partial charge in [-0.2, -0.15) is 0 Å². The van der Waals surface area contributed by atoms with E-state index in [2.05, 4.69) is 9.64 Å². The Morgan fingerprint density at radius 2 is 2.40 bits per heavy atom. The summed E-state index contributed by atoms with van der Waals surface area (Å²) in [5, 5.41) is 8.19. The van der Waals surface area contributed by atoms with Crippen LogP contribution in [0.5, 0.6) is 5.75 Å². The first-order chi connectivity index (χ1) is 4.83. The molecule has 1 aromatic heterocycles. The molecule has 0 saturated heterocycles. The second kappa shape index (κ2) is 3.07. The van der Waals surface area contributed by atoms with E-state index in [9.17, 15) is 0 Å². The molecule has 0 aromatic carbocycles. The van der Waals surface area contributed by atoms with Gasteiger partial charge in [-0.25, -0.2) is 0 Å². The molecule has 3 N–H and O–H groups in total. The maximum absolute atomic E-state index is 8.19. The van der Waals surface area contributed by atoms with Crippen LogP contribution in [0.1, 0.15) is 0 Å². The monoisotopic (exact) mass is 137 g/mol. The van der Waals surface area contributed by atoms with E-state index < -0.39 is 0 Å². The SMILES string of the molecule is Nc1cncc(O[B]O)c1. The first kappa shape index (κ1) is 6.89. The van der Waals surface area contributed by atoms with Gasteiger partial charge in [-0.1, -0.05) is 0 Å². The van der Waals surface area contributed by atoms with Crippen LogP contribution in [0.25, 0.3) is 0 Å². The second-order valence-electron chi connectivity index (χ2n) is 1.68. The van der Waals surface area contributed by atoms with Crippen LogP contribution in [-0.2, 0) is 0 Å². The molecule has 0 atom stereocenters. The highest BCUT2D eigenvalue weighted by Crippen LogP contribution is 2.10. The zero-order valence-electron chi connectivity index (χ0n) is 5.19. The third kappa shape index (κ3) is 1.63. The van der Waals surface area contributed by atoms with Gasteiger partial charge in [-0.3, -0.25) is 4.98 Å². The van der Waals surface area contributed by atoms with Crippen LogP contribution >= 0.6 is 0 Å². The number of aromatic nitrogens is 1. The Kier molecular flexibility index (Phi) is 2.12. The van der Waals surface area contributed by atoms with Crippen molar-refractivity contribution in [3.05, 3.63) is 18.5 Å². The van der Waals surface area contributed by atoms with Crippen LogP contribution in [0.15, 0.2) is 18.5 Å². The van der Waals surface area contributed by atoms with Crippen molar-refractivity contribution in [2.75, 3.05) is 5.73 Å². The molecular weight excluding hydrogens is 131 g/mol. The molecule has 1 radical (unpaired) electrons. The number of hydrogen-bond acceptors (Lipinski definition) is 4. The lowest BCUT2D eigenvalue weighted by Crippen LogP contribution is -2.00. The van der Waals surface area contributed by atoms with Gasteiger partial charge in [0.1, 0.15) is 5.75 Å². The Morgan fingerprint density at radius 1 is 1.60 bits per heavy atom. The van der Waals surface area contributed by atoms with Gasteiger partial charge in [0.05, 0.1) is 18.1 Å². The highest BCUT2D eigenvalue weighted by atomic mass is 16.5. The molecular formula is C5H6BN2O2. The minimum atomic E-state index is 0.419.